The first-order chi connectivity index (χ1) is 9.34. The Morgan fingerprint density at radius 2 is 1.75 bits per heavy atom. The van der Waals surface area contributed by atoms with Gasteiger partial charge < -0.3 is 10.5 Å². The van der Waals surface area contributed by atoms with Crippen LogP contribution in [0, 0.1) is 5.82 Å². The molecule has 0 aliphatic heterocycles. The second kappa shape index (κ2) is 7.60. The van der Waals surface area contributed by atoms with Crippen LogP contribution in [-0.4, -0.2) is 30.1 Å². The van der Waals surface area contributed by atoms with Gasteiger partial charge in [0.25, 0.3) is 0 Å². The van der Waals surface area contributed by atoms with E-state index in [9.17, 15) is 4.39 Å². The molecule has 1 atom stereocenters. The third kappa shape index (κ3) is 4.46. The highest BCUT2D eigenvalue weighted by Gasteiger charge is 2.16. The van der Waals surface area contributed by atoms with Gasteiger partial charge in [0.05, 0.1) is 0 Å². The molecule has 0 aliphatic carbocycles. The topological polar surface area (TPSA) is 38.5 Å². The van der Waals surface area contributed by atoms with Crippen LogP contribution in [0.15, 0.2) is 18.2 Å². The van der Waals surface area contributed by atoms with Crippen molar-refractivity contribution in [2.24, 2.45) is 5.73 Å². The van der Waals surface area contributed by atoms with E-state index in [0.29, 0.717) is 24.3 Å². The van der Waals surface area contributed by atoms with E-state index < -0.39 is 0 Å². The van der Waals surface area contributed by atoms with Crippen LogP contribution in [0.4, 0.5) is 4.39 Å². The van der Waals surface area contributed by atoms with Crippen LogP contribution >= 0.6 is 0 Å². The Morgan fingerprint density at radius 1 is 1.15 bits per heavy atom. The smallest absolute Gasteiger partial charge is 0.165 e. The number of hydrogen-bond acceptors (Lipinski definition) is 3. The summed E-state index contributed by atoms with van der Waals surface area (Å²) in [6.45, 7) is 11.6. The average Bonchev–Trinajstić information content (AvgIpc) is 2.34. The van der Waals surface area contributed by atoms with Crippen molar-refractivity contribution < 1.29 is 9.13 Å². The van der Waals surface area contributed by atoms with Crippen LogP contribution in [-0.2, 0) is 0 Å². The van der Waals surface area contributed by atoms with Gasteiger partial charge in [-0.05, 0) is 40.7 Å². The summed E-state index contributed by atoms with van der Waals surface area (Å²) in [5.74, 6) is -0.0598. The first-order valence-electron chi connectivity index (χ1n) is 7.27. The second-order valence-electron chi connectivity index (χ2n) is 5.72. The largest absolute Gasteiger partial charge is 0.489 e. The molecule has 0 aliphatic rings. The highest BCUT2D eigenvalue weighted by molar-refractivity contribution is 5.36. The highest BCUT2D eigenvalue weighted by Crippen LogP contribution is 2.27. The molecule has 114 valence electrons. The molecule has 1 unspecified atom stereocenters. The van der Waals surface area contributed by atoms with E-state index in [1.807, 2.05) is 13.0 Å². The Bertz CT molecular complexity index is 411. The number of benzene rings is 1. The van der Waals surface area contributed by atoms with Crippen molar-refractivity contribution in [2.45, 2.75) is 52.7 Å². The van der Waals surface area contributed by atoms with Gasteiger partial charge in [-0.25, -0.2) is 4.39 Å². The van der Waals surface area contributed by atoms with E-state index >= 15 is 0 Å². The minimum absolute atomic E-state index is 0.244. The minimum Gasteiger partial charge on any atom is -0.489 e. The van der Waals surface area contributed by atoms with E-state index in [1.54, 1.807) is 6.07 Å². The summed E-state index contributed by atoms with van der Waals surface area (Å²) in [4.78, 5) is 2.31. The lowest BCUT2D eigenvalue weighted by Crippen LogP contribution is -2.39. The van der Waals surface area contributed by atoms with Gasteiger partial charge in [0, 0.05) is 30.2 Å². The molecule has 0 saturated heterocycles. The van der Waals surface area contributed by atoms with Crippen molar-refractivity contribution in [3.05, 3.63) is 29.6 Å². The number of nitrogens with two attached hydrogens (primary N) is 1. The zero-order valence-corrected chi connectivity index (χ0v) is 13.2. The minimum atomic E-state index is -0.347. The molecule has 0 heterocycles. The fraction of sp³-hybridized carbons (Fsp3) is 0.625. The molecule has 0 amide bonds. The second-order valence-corrected chi connectivity index (χ2v) is 5.72. The summed E-state index contributed by atoms with van der Waals surface area (Å²) < 4.78 is 19.5. The zero-order chi connectivity index (χ0) is 15.3. The first-order valence-corrected chi connectivity index (χ1v) is 7.27. The fourth-order valence-electron chi connectivity index (χ4n) is 2.40. The van der Waals surface area contributed by atoms with Gasteiger partial charge in [0.2, 0.25) is 0 Å². The van der Waals surface area contributed by atoms with Crippen LogP contribution in [0.5, 0.6) is 5.75 Å². The summed E-state index contributed by atoms with van der Waals surface area (Å²) in [5, 5.41) is 0. The Kier molecular flexibility index (Phi) is 6.43. The van der Waals surface area contributed by atoms with Crippen LogP contribution in [0.3, 0.4) is 0 Å². The summed E-state index contributed by atoms with van der Waals surface area (Å²) in [6, 6.07) is 5.51. The third-order valence-corrected chi connectivity index (χ3v) is 3.41. The molecule has 4 heteroatoms. The van der Waals surface area contributed by atoms with E-state index in [2.05, 4.69) is 32.6 Å². The lowest BCUT2D eigenvalue weighted by atomic mass is 10.1. The van der Waals surface area contributed by atoms with Crippen LogP contribution in [0.25, 0.3) is 0 Å². The lowest BCUT2D eigenvalue weighted by Gasteiger charge is -2.30. The van der Waals surface area contributed by atoms with E-state index in [-0.39, 0.29) is 17.6 Å². The Morgan fingerprint density at radius 3 is 2.25 bits per heavy atom. The number of para-hydroxylation sites is 1. The molecule has 0 fully saturated rings. The Labute approximate surface area is 121 Å². The molecule has 3 nitrogen and oxygen atoms in total. The van der Waals surface area contributed by atoms with Gasteiger partial charge in [-0.1, -0.05) is 12.1 Å². The zero-order valence-electron chi connectivity index (χ0n) is 13.2. The quantitative estimate of drug-likeness (QED) is 0.833. The molecule has 1 aromatic carbocycles. The van der Waals surface area contributed by atoms with Crippen molar-refractivity contribution in [3.8, 4) is 5.75 Å². The Hall–Kier alpha value is -1.13. The van der Waals surface area contributed by atoms with E-state index in [0.717, 1.165) is 6.54 Å². The summed E-state index contributed by atoms with van der Waals surface area (Å²) >= 11 is 0. The maximum absolute atomic E-state index is 13.9. The molecule has 0 aromatic heterocycles. The number of halogens is 1. The summed E-state index contributed by atoms with van der Waals surface area (Å²) in [5.41, 5.74) is 6.57. The molecular formula is C16H27FN2O. The molecule has 0 spiro atoms. The van der Waals surface area contributed by atoms with Crippen molar-refractivity contribution in [2.75, 3.05) is 13.2 Å². The van der Waals surface area contributed by atoms with Gasteiger partial charge in [-0.15, -0.1) is 0 Å². The number of rotatable bonds is 7. The summed E-state index contributed by atoms with van der Waals surface area (Å²) in [7, 11) is 0. The van der Waals surface area contributed by atoms with Gasteiger partial charge in [-0.2, -0.15) is 0 Å². The normalized spacial score (nSPS) is 13.3. The molecule has 20 heavy (non-hydrogen) atoms. The number of hydrogen-bond donors (Lipinski definition) is 1. The molecule has 1 rings (SSSR count). The molecule has 2 N–H and O–H groups in total. The summed E-state index contributed by atoms with van der Waals surface area (Å²) in [6.07, 6.45) is 0. The molecule has 1 aromatic rings. The van der Waals surface area contributed by atoms with Gasteiger partial charge in [0.1, 0.15) is 6.61 Å². The number of ether oxygens (including phenoxy) is 1. The van der Waals surface area contributed by atoms with Crippen molar-refractivity contribution >= 4 is 0 Å². The predicted molar refractivity (Wildman–Crippen MR) is 81.5 cm³/mol. The fourth-order valence-corrected chi connectivity index (χ4v) is 2.40. The molecular weight excluding hydrogens is 255 g/mol. The van der Waals surface area contributed by atoms with Crippen molar-refractivity contribution in [3.63, 3.8) is 0 Å². The Balaban J connectivity index is 2.71. The molecule has 0 saturated carbocycles. The van der Waals surface area contributed by atoms with Crippen LogP contribution in [0.2, 0.25) is 0 Å². The average molecular weight is 282 g/mol. The third-order valence-electron chi connectivity index (χ3n) is 3.41. The monoisotopic (exact) mass is 282 g/mol. The van der Waals surface area contributed by atoms with Gasteiger partial charge >= 0.3 is 0 Å². The van der Waals surface area contributed by atoms with Gasteiger partial charge in [0.15, 0.2) is 11.6 Å². The lowest BCUT2D eigenvalue weighted by molar-refractivity contribution is 0.139. The number of nitrogens with zero attached hydrogens (tertiary/aromatic N) is 1. The van der Waals surface area contributed by atoms with E-state index in [4.69, 9.17) is 10.5 Å². The predicted octanol–water partition coefficient (Wildman–Crippen LogP) is 3.34. The van der Waals surface area contributed by atoms with E-state index in [1.165, 1.54) is 6.07 Å². The first kappa shape index (κ1) is 16.9. The van der Waals surface area contributed by atoms with Gasteiger partial charge in [-0.3, -0.25) is 4.90 Å². The van der Waals surface area contributed by atoms with Crippen LogP contribution < -0.4 is 10.5 Å². The maximum atomic E-state index is 13.9. The standard InChI is InChI=1S/C16H27FN2O/c1-11(2)19(12(3)4)9-10-20-16-14(13(5)18)7-6-8-15(16)17/h6-8,11-13H,9-10,18H2,1-5H3. The SMILES string of the molecule is CC(N)c1cccc(F)c1OCCN(C(C)C)C(C)C. The maximum Gasteiger partial charge on any atom is 0.165 e. The molecule has 0 bridgehead atoms. The van der Waals surface area contributed by atoms with Crippen molar-refractivity contribution in [1.82, 2.24) is 4.90 Å². The molecule has 0 radical (unpaired) electrons. The van der Waals surface area contributed by atoms with Crippen LogP contribution in [0.1, 0.15) is 46.2 Å². The highest BCUT2D eigenvalue weighted by atomic mass is 19.1. The van der Waals surface area contributed by atoms with Crippen molar-refractivity contribution in [1.29, 1.82) is 0 Å².